The first-order chi connectivity index (χ1) is 5.85. The Morgan fingerprint density at radius 3 is 2.67 bits per heavy atom. The van der Waals surface area contributed by atoms with Crippen molar-refractivity contribution in [1.82, 2.24) is 0 Å². The molecule has 0 aliphatic rings. The van der Waals surface area contributed by atoms with Gasteiger partial charge in [0.05, 0.1) is 13.7 Å². The largest absolute Gasteiger partial charge is 0.493 e. The van der Waals surface area contributed by atoms with Crippen molar-refractivity contribution in [3.05, 3.63) is 12.1 Å². The second-order valence-electron chi connectivity index (χ2n) is 2.49. The molecule has 0 atom stereocenters. The van der Waals surface area contributed by atoms with Gasteiger partial charge in [0.2, 0.25) is 5.58 Å². The fraction of sp³-hybridized carbons (Fsp3) is 0.333. The van der Waals surface area contributed by atoms with E-state index in [1.807, 2.05) is 19.1 Å². The normalized spacial score (nSPS) is 10.8. The van der Waals surface area contributed by atoms with Crippen LogP contribution in [0.5, 0.6) is 11.5 Å². The molecule has 0 saturated heterocycles. The predicted molar refractivity (Wildman–Crippen MR) is 45.1 cm³/mol. The molecule has 2 aromatic rings. The van der Waals surface area contributed by atoms with Gasteiger partial charge in [-0.05, 0) is 6.92 Å². The van der Waals surface area contributed by atoms with E-state index >= 15 is 0 Å². The van der Waals surface area contributed by atoms with Crippen molar-refractivity contribution in [3.63, 3.8) is 0 Å². The molecule has 64 valence electrons. The fourth-order valence-electron chi connectivity index (χ4n) is 1.24. The Bertz CT molecular complexity index is 364. The summed E-state index contributed by atoms with van der Waals surface area (Å²) in [5, 5.41) is 0. The van der Waals surface area contributed by atoms with Crippen molar-refractivity contribution in [3.8, 4) is 11.5 Å². The first kappa shape index (κ1) is 7.28. The van der Waals surface area contributed by atoms with Crippen molar-refractivity contribution in [2.45, 2.75) is 6.92 Å². The zero-order chi connectivity index (χ0) is 8.55. The first-order valence-electron chi connectivity index (χ1n) is 3.88. The van der Waals surface area contributed by atoms with Gasteiger partial charge < -0.3 is 13.9 Å². The molecule has 0 aromatic carbocycles. The molecule has 12 heavy (non-hydrogen) atoms. The molecule has 2 bridgehead atoms. The highest BCUT2D eigenvalue weighted by atomic mass is 16.5. The Balaban J connectivity index is 2.44. The van der Waals surface area contributed by atoms with Crippen LogP contribution in [-0.2, 0) is 0 Å². The van der Waals surface area contributed by atoms with Crippen molar-refractivity contribution in [2.24, 2.45) is 0 Å². The predicted octanol–water partition coefficient (Wildman–Crippen LogP) is 2.28. The lowest BCUT2D eigenvalue weighted by atomic mass is 10.3. The third kappa shape index (κ3) is 0.897. The summed E-state index contributed by atoms with van der Waals surface area (Å²) >= 11 is 0. The Kier molecular flexibility index (Phi) is 1.57. The van der Waals surface area contributed by atoms with E-state index in [1.165, 1.54) is 0 Å². The van der Waals surface area contributed by atoms with Gasteiger partial charge >= 0.3 is 0 Å². The van der Waals surface area contributed by atoms with Gasteiger partial charge in [-0.25, -0.2) is 0 Å². The zero-order valence-corrected chi connectivity index (χ0v) is 7.09. The first-order valence-corrected chi connectivity index (χ1v) is 3.88. The van der Waals surface area contributed by atoms with Crippen molar-refractivity contribution < 1.29 is 13.9 Å². The number of hydrogen-bond donors (Lipinski definition) is 0. The lowest BCUT2D eigenvalue weighted by Crippen LogP contribution is -1.90. The van der Waals surface area contributed by atoms with Gasteiger partial charge in [-0.2, -0.15) is 0 Å². The Morgan fingerprint density at radius 1 is 1.33 bits per heavy atom. The molecule has 2 aromatic heterocycles. The van der Waals surface area contributed by atoms with E-state index < -0.39 is 0 Å². The van der Waals surface area contributed by atoms with Crippen molar-refractivity contribution >= 4 is 11.2 Å². The van der Waals surface area contributed by atoms with Crippen LogP contribution in [0.1, 0.15) is 6.92 Å². The van der Waals surface area contributed by atoms with Crippen molar-refractivity contribution in [2.75, 3.05) is 13.7 Å². The molecule has 0 unspecified atom stereocenters. The molecule has 0 radical (unpaired) electrons. The van der Waals surface area contributed by atoms with Gasteiger partial charge in [0.1, 0.15) is 5.58 Å². The lowest BCUT2D eigenvalue weighted by molar-refractivity contribution is 0.339. The van der Waals surface area contributed by atoms with E-state index in [2.05, 4.69) is 0 Å². The maximum absolute atomic E-state index is 5.34. The van der Waals surface area contributed by atoms with Crippen LogP contribution in [0.2, 0.25) is 0 Å². The molecular weight excluding hydrogens is 156 g/mol. The average molecular weight is 166 g/mol. The van der Waals surface area contributed by atoms with E-state index in [4.69, 9.17) is 13.9 Å². The summed E-state index contributed by atoms with van der Waals surface area (Å²) in [4.78, 5) is 0. The van der Waals surface area contributed by atoms with Gasteiger partial charge in [-0.1, -0.05) is 0 Å². The minimum absolute atomic E-state index is 0.642. The molecule has 2 heterocycles. The molecule has 3 heteroatoms. The van der Waals surface area contributed by atoms with E-state index in [9.17, 15) is 0 Å². The number of methoxy groups -OCH3 is 1. The minimum Gasteiger partial charge on any atom is -0.493 e. The molecule has 0 amide bonds. The third-order valence-corrected chi connectivity index (χ3v) is 1.73. The summed E-state index contributed by atoms with van der Waals surface area (Å²) in [5.41, 5.74) is 1.50. The highest BCUT2D eigenvalue weighted by Crippen LogP contribution is 2.37. The standard InChI is InChI=1S/C9H10O3/c1-3-11-8-5-6-4-7(10-2)9(8)12-6/h4-5H,3H2,1-2H3. The van der Waals surface area contributed by atoms with Crippen LogP contribution in [0.25, 0.3) is 11.2 Å². The van der Waals surface area contributed by atoms with Gasteiger partial charge in [-0.15, -0.1) is 0 Å². The topological polar surface area (TPSA) is 31.6 Å². The second-order valence-corrected chi connectivity index (χ2v) is 2.49. The van der Waals surface area contributed by atoms with Crippen LogP contribution in [0.4, 0.5) is 0 Å². The average Bonchev–Trinajstić information content (AvgIpc) is 2.62. The smallest absolute Gasteiger partial charge is 0.211 e. The summed E-state index contributed by atoms with van der Waals surface area (Å²) in [7, 11) is 1.62. The minimum atomic E-state index is 0.642. The van der Waals surface area contributed by atoms with E-state index in [1.54, 1.807) is 7.11 Å². The van der Waals surface area contributed by atoms with Gasteiger partial charge in [-0.3, -0.25) is 0 Å². The SMILES string of the molecule is CCOc1cc2cc(OC)c1o2. The number of furan rings is 2. The molecular formula is C9H10O3. The highest BCUT2D eigenvalue weighted by molar-refractivity contribution is 5.78. The summed E-state index contributed by atoms with van der Waals surface area (Å²) in [6.45, 7) is 2.58. The number of hydrogen-bond acceptors (Lipinski definition) is 3. The molecule has 0 aliphatic carbocycles. The monoisotopic (exact) mass is 166 g/mol. The van der Waals surface area contributed by atoms with E-state index in [0.29, 0.717) is 12.2 Å². The zero-order valence-electron chi connectivity index (χ0n) is 7.09. The summed E-state index contributed by atoms with van der Waals surface area (Å²) < 4.78 is 15.7. The number of fused-ring (bicyclic) bond motifs is 2. The van der Waals surface area contributed by atoms with Crippen LogP contribution in [-0.4, -0.2) is 13.7 Å². The Morgan fingerprint density at radius 2 is 2.08 bits per heavy atom. The number of benzene rings is 1. The number of rotatable bonds is 3. The van der Waals surface area contributed by atoms with Crippen LogP contribution in [0.3, 0.4) is 0 Å². The number of ether oxygens (including phenoxy) is 2. The Hall–Kier alpha value is -1.38. The maximum Gasteiger partial charge on any atom is 0.211 e. The second kappa shape index (κ2) is 2.59. The van der Waals surface area contributed by atoms with Gasteiger partial charge in [0.25, 0.3) is 0 Å². The quantitative estimate of drug-likeness (QED) is 0.701. The fourth-order valence-corrected chi connectivity index (χ4v) is 1.24. The lowest BCUT2D eigenvalue weighted by Gasteiger charge is -2.00. The van der Waals surface area contributed by atoms with Crippen LogP contribution in [0.15, 0.2) is 16.5 Å². The summed E-state index contributed by atoms with van der Waals surface area (Å²) in [6.07, 6.45) is 0. The third-order valence-electron chi connectivity index (χ3n) is 1.73. The highest BCUT2D eigenvalue weighted by Gasteiger charge is 2.14. The van der Waals surface area contributed by atoms with Gasteiger partial charge in [0, 0.05) is 12.1 Å². The molecule has 0 saturated carbocycles. The summed E-state index contributed by atoms with van der Waals surface area (Å²) in [6, 6.07) is 3.71. The van der Waals surface area contributed by atoms with Crippen LogP contribution in [0, 0.1) is 0 Å². The molecule has 3 nitrogen and oxygen atoms in total. The molecule has 0 N–H and O–H groups in total. The molecule has 2 rings (SSSR count). The van der Waals surface area contributed by atoms with Crippen LogP contribution < -0.4 is 9.47 Å². The molecule has 0 aliphatic heterocycles. The van der Waals surface area contributed by atoms with E-state index in [0.717, 1.165) is 17.1 Å². The molecule has 0 spiro atoms. The van der Waals surface area contributed by atoms with Gasteiger partial charge in [0.15, 0.2) is 11.5 Å². The summed E-state index contributed by atoms with van der Waals surface area (Å²) in [5.74, 6) is 1.52. The maximum atomic E-state index is 5.34. The van der Waals surface area contributed by atoms with E-state index in [-0.39, 0.29) is 0 Å². The Labute approximate surface area is 70.2 Å². The van der Waals surface area contributed by atoms with Crippen LogP contribution >= 0.6 is 0 Å². The van der Waals surface area contributed by atoms with Crippen molar-refractivity contribution in [1.29, 1.82) is 0 Å². The molecule has 0 fully saturated rings.